The molecule has 3 heteroatoms. The largest absolute Gasteiger partial charge is 0.758 e. The number of fused-ring (bicyclic) bond motifs is 1. The topological polar surface area (TPSA) is 26.3 Å². The Morgan fingerprint density at radius 1 is 1.45 bits per heavy atom. The monoisotopic (exact) mass is 290 g/mol. The molecule has 1 saturated carbocycles. The summed E-state index contributed by atoms with van der Waals surface area (Å²) in [5.41, 5.74) is 2.53. The molecule has 0 bridgehead atoms. The van der Waals surface area contributed by atoms with Gasteiger partial charge in [-0.15, -0.1) is 11.8 Å². The van der Waals surface area contributed by atoms with E-state index in [2.05, 4.69) is 19.9 Å². The predicted molar refractivity (Wildman–Crippen MR) is 87.0 cm³/mol. The maximum Gasteiger partial charge on any atom is 0.0517 e. The summed E-state index contributed by atoms with van der Waals surface area (Å²) in [6.45, 7) is 7.15. The van der Waals surface area contributed by atoms with Gasteiger partial charge in [0.15, 0.2) is 0 Å². The van der Waals surface area contributed by atoms with Gasteiger partial charge in [0.25, 0.3) is 0 Å². The Hall–Kier alpha value is -0.670. The summed E-state index contributed by atoms with van der Waals surface area (Å²) in [4.78, 5) is 1.60. The van der Waals surface area contributed by atoms with Crippen molar-refractivity contribution in [1.82, 2.24) is 5.06 Å². The van der Waals surface area contributed by atoms with Gasteiger partial charge < -0.3 is 10.3 Å². The molecule has 0 heterocycles. The van der Waals surface area contributed by atoms with Crippen molar-refractivity contribution in [1.29, 1.82) is 0 Å². The van der Waals surface area contributed by atoms with Gasteiger partial charge in [0.05, 0.1) is 5.25 Å². The standard InChI is InChI=1S/C17H24NOS/c1-4-18(19)15-7-5-6-8-16(15)20-17-12(3)9-11(2)13-10-14(13)17/h5-7,11,13-14,16H,4,8-10H2,1-3H3/q-1. The summed E-state index contributed by atoms with van der Waals surface area (Å²) >= 11 is 1.97. The van der Waals surface area contributed by atoms with E-state index in [1.165, 1.54) is 12.8 Å². The second-order valence-corrected chi connectivity index (χ2v) is 7.63. The zero-order valence-corrected chi connectivity index (χ0v) is 13.5. The number of rotatable bonds is 4. The van der Waals surface area contributed by atoms with Crippen LogP contribution >= 0.6 is 11.8 Å². The molecule has 3 aliphatic rings. The summed E-state index contributed by atoms with van der Waals surface area (Å²) in [5.74, 6) is 2.58. The smallest absolute Gasteiger partial charge is 0.0517 e. The quantitative estimate of drug-likeness (QED) is 0.702. The number of thioether (sulfide) groups is 1. The highest BCUT2D eigenvalue weighted by Gasteiger charge is 2.47. The molecule has 0 spiro atoms. The third kappa shape index (κ3) is 2.58. The van der Waals surface area contributed by atoms with Gasteiger partial charge in [0.1, 0.15) is 0 Å². The molecule has 20 heavy (non-hydrogen) atoms. The van der Waals surface area contributed by atoms with Crippen molar-refractivity contribution in [3.05, 3.63) is 39.6 Å². The minimum Gasteiger partial charge on any atom is -0.758 e. The second-order valence-electron chi connectivity index (χ2n) is 6.39. The highest BCUT2D eigenvalue weighted by Crippen LogP contribution is 2.59. The van der Waals surface area contributed by atoms with Crippen molar-refractivity contribution in [2.75, 3.05) is 6.54 Å². The summed E-state index contributed by atoms with van der Waals surface area (Å²) in [5, 5.41) is 13.5. The highest BCUT2D eigenvalue weighted by molar-refractivity contribution is 8.03. The van der Waals surface area contributed by atoms with E-state index >= 15 is 0 Å². The first-order valence-corrected chi connectivity index (χ1v) is 8.67. The molecule has 0 aromatic heterocycles. The van der Waals surface area contributed by atoms with E-state index in [1.54, 1.807) is 10.5 Å². The van der Waals surface area contributed by atoms with E-state index in [-0.39, 0.29) is 0 Å². The number of nitrogens with zero attached hydrogens (tertiary/aromatic N) is 1. The molecule has 110 valence electrons. The van der Waals surface area contributed by atoms with Crippen molar-refractivity contribution in [3.8, 4) is 0 Å². The lowest BCUT2D eigenvalue weighted by Gasteiger charge is -2.38. The number of hydrogen-bond donors (Lipinski definition) is 0. The molecule has 0 aromatic rings. The third-order valence-electron chi connectivity index (χ3n) is 4.88. The molecule has 0 radical (unpaired) electrons. The number of hydroxylamine groups is 2. The summed E-state index contributed by atoms with van der Waals surface area (Å²) in [6, 6.07) is 0. The molecular formula is C17H24NOS-. The van der Waals surface area contributed by atoms with Crippen LogP contribution < -0.4 is 0 Å². The van der Waals surface area contributed by atoms with Crippen LogP contribution in [0.3, 0.4) is 0 Å². The Bertz CT molecular complexity index is 479. The lowest BCUT2D eigenvalue weighted by Crippen LogP contribution is -2.25. The van der Waals surface area contributed by atoms with Crippen molar-refractivity contribution >= 4 is 11.8 Å². The maximum absolute atomic E-state index is 12.0. The van der Waals surface area contributed by atoms with Crippen LogP contribution in [0.15, 0.2) is 34.4 Å². The van der Waals surface area contributed by atoms with Crippen LogP contribution in [0.25, 0.3) is 0 Å². The summed E-state index contributed by atoms with van der Waals surface area (Å²) in [7, 11) is 0. The van der Waals surface area contributed by atoms with Crippen molar-refractivity contribution in [2.45, 2.75) is 45.3 Å². The van der Waals surface area contributed by atoms with Crippen molar-refractivity contribution in [2.24, 2.45) is 17.8 Å². The molecule has 4 unspecified atom stereocenters. The first-order chi connectivity index (χ1) is 9.61. The lowest BCUT2D eigenvalue weighted by molar-refractivity contribution is 0.465. The molecule has 3 aliphatic carbocycles. The normalized spacial score (nSPS) is 35.7. The summed E-state index contributed by atoms with van der Waals surface area (Å²) in [6.07, 6.45) is 9.83. The van der Waals surface area contributed by atoms with Crippen molar-refractivity contribution < 1.29 is 0 Å². The fraction of sp³-hybridized carbons (Fsp3) is 0.647. The third-order valence-corrected chi connectivity index (χ3v) is 6.51. The van der Waals surface area contributed by atoms with Crippen LogP contribution in [0.2, 0.25) is 0 Å². The van der Waals surface area contributed by atoms with Crippen molar-refractivity contribution in [3.63, 3.8) is 0 Å². The van der Waals surface area contributed by atoms with E-state index in [4.69, 9.17) is 0 Å². The van der Waals surface area contributed by atoms with Gasteiger partial charge in [-0.3, -0.25) is 0 Å². The molecule has 4 atom stereocenters. The van der Waals surface area contributed by atoms with E-state index in [0.29, 0.717) is 11.8 Å². The molecule has 1 fully saturated rings. The van der Waals surface area contributed by atoms with Crippen LogP contribution in [0, 0.1) is 23.0 Å². The zero-order valence-electron chi connectivity index (χ0n) is 12.6. The summed E-state index contributed by atoms with van der Waals surface area (Å²) < 4.78 is 0. The van der Waals surface area contributed by atoms with Gasteiger partial charge in [0.2, 0.25) is 0 Å². The fourth-order valence-corrected chi connectivity index (χ4v) is 5.23. The minimum absolute atomic E-state index is 0.317. The number of allylic oxidation sites excluding steroid dienone is 5. The molecule has 0 aliphatic heterocycles. The minimum atomic E-state index is 0.317. The van der Waals surface area contributed by atoms with Gasteiger partial charge in [-0.1, -0.05) is 24.6 Å². The fourth-order valence-electron chi connectivity index (χ4n) is 3.67. The second kappa shape index (κ2) is 5.61. The zero-order chi connectivity index (χ0) is 14.3. The van der Waals surface area contributed by atoms with Crippen LogP contribution in [-0.4, -0.2) is 16.9 Å². The molecule has 0 saturated heterocycles. The SMILES string of the molecule is CCN([O-])C1=CC=CCC1SC1=C(C)CC(C)C2CC12. The Morgan fingerprint density at radius 2 is 2.25 bits per heavy atom. The highest BCUT2D eigenvalue weighted by atomic mass is 32.2. The molecular weight excluding hydrogens is 266 g/mol. The van der Waals surface area contributed by atoms with Crippen LogP contribution in [0.4, 0.5) is 0 Å². The van der Waals surface area contributed by atoms with Crippen LogP contribution in [-0.2, 0) is 0 Å². The Balaban J connectivity index is 1.76. The van der Waals surface area contributed by atoms with Crippen LogP contribution in [0.5, 0.6) is 0 Å². The van der Waals surface area contributed by atoms with E-state index < -0.39 is 0 Å². The average molecular weight is 290 g/mol. The van der Waals surface area contributed by atoms with E-state index in [9.17, 15) is 5.21 Å². The first kappa shape index (κ1) is 14.3. The van der Waals surface area contributed by atoms with Gasteiger partial charge >= 0.3 is 0 Å². The molecule has 3 rings (SSSR count). The first-order valence-electron chi connectivity index (χ1n) is 7.79. The van der Waals surface area contributed by atoms with Gasteiger partial charge in [0, 0.05) is 12.2 Å². The Kier molecular flexibility index (Phi) is 4.00. The number of hydrogen-bond acceptors (Lipinski definition) is 3. The predicted octanol–water partition coefficient (Wildman–Crippen LogP) is 4.70. The van der Waals surface area contributed by atoms with E-state index in [1.807, 2.05) is 30.8 Å². The van der Waals surface area contributed by atoms with Gasteiger partial charge in [-0.25, -0.2) is 0 Å². The lowest BCUT2D eigenvalue weighted by atomic mass is 9.91. The molecule has 2 nitrogen and oxygen atoms in total. The van der Waals surface area contributed by atoms with Crippen LogP contribution in [0.1, 0.15) is 40.0 Å². The Morgan fingerprint density at radius 3 is 3.00 bits per heavy atom. The average Bonchev–Trinajstić information content (AvgIpc) is 3.24. The molecule has 0 aromatic carbocycles. The van der Waals surface area contributed by atoms with Gasteiger partial charge in [-0.05, 0) is 61.8 Å². The van der Waals surface area contributed by atoms with E-state index in [0.717, 1.165) is 34.9 Å². The Labute approximate surface area is 126 Å². The van der Waals surface area contributed by atoms with Gasteiger partial charge in [-0.2, -0.15) is 0 Å². The molecule has 0 N–H and O–H groups in total. The maximum atomic E-state index is 12.0. The molecule has 0 amide bonds.